The SMILES string of the molecule is CC(=O)O[C@@H]1c2nncn2[C@H](COCc2ccccc2)[C@@H](OCc2ccccc2)[C@@H]1OCc1ccccc1. The summed E-state index contributed by atoms with van der Waals surface area (Å²) in [6.07, 6.45) is -0.300. The lowest BCUT2D eigenvalue weighted by atomic mass is 9.95. The lowest BCUT2D eigenvalue weighted by Crippen LogP contribution is -2.50. The second-order valence-corrected chi connectivity index (χ2v) is 9.22. The predicted molar refractivity (Wildman–Crippen MR) is 140 cm³/mol. The molecule has 38 heavy (non-hydrogen) atoms. The normalized spacial score (nSPS) is 20.6. The zero-order valence-electron chi connectivity index (χ0n) is 21.3. The molecule has 2 heterocycles. The van der Waals surface area contributed by atoms with Crippen LogP contribution in [0.1, 0.15) is 41.6 Å². The molecule has 4 aromatic rings. The Labute approximate surface area is 222 Å². The van der Waals surface area contributed by atoms with E-state index in [-0.39, 0.29) is 6.04 Å². The molecule has 0 N–H and O–H groups in total. The average Bonchev–Trinajstić information content (AvgIpc) is 3.44. The van der Waals surface area contributed by atoms with Crippen molar-refractivity contribution in [1.82, 2.24) is 14.8 Å². The van der Waals surface area contributed by atoms with E-state index in [4.69, 9.17) is 18.9 Å². The molecule has 8 nitrogen and oxygen atoms in total. The monoisotopic (exact) mass is 513 g/mol. The molecule has 0 aliphatic carbocycles. The van der Waals surface area contributed by atoms with Gasteiger partial charge in [-0.2, -0.15) is 0 Å². The van der Waals surface area contributed by atoms with Gasteiger partial charge < -0.3 is 23.5 Å². The summed E-state index contributed by atoms with van der Waals surface area (Å²) in [5.74, 6) is 0.0737. The molecule has 0 saturated heterocycles. The molecule has 8 heteroatoms. The topological polar surface area (TPSA) is 84.7 Å². The average molecular weight is 514 g/mol. The fourth-order valence-electron chi connectivity index (χ4n) is 4.67. The Kier molecular flexibility index (Phi) is 8.55. The molecule has 1 aromatic heterocycles. The van der Waals surface area contributed by atoms with Gasteiger partial charge in [-0.05, 0) is 16.7 Å². The summed E-state index contributed by atoms with van der Waals surface area (Å²) in [6.45, 7) is 2.83. The molecule has 5 rings (SSSR count). The van der Waals surface area contributed by atoms with Gasteiger partial charge in [-0.15, -0.1) is 10.2 Å². The number of esters is 1. The second kappa shape index (κ2) is 12.6. The molecule has 0 unspecified atom stereocenters. The molecule has 0 saturated carbocycles. The summed E-state index contributed by atoms with van der Waals surface area (Å²) in [6, 6.07) is 29.5. The Morgan fingerprint density at radius 3 is 1.84 bits per heavy atom. The number of rotatable bonds is 11. The van der Waals surface area contributed by atoms with Gasteiger partial charge >= 0.3 is 5.97 Å². The van der Waals surface area contributed by atoms with Crippen LogP contribution in [0, 0.1) is 0 Å². The first-order valence-electron chi connectivity index (χ1n) is 12.7. The molecule has 0 spiro atoms. The third-order valence-electron chi connectivity index (χ3n) is 6.48. The maximum atomic E-state index is 12.2. The fraction of sp³-hybridized carbons (Fsp3) is 0.300. The van der Waals surface area contributed by atoms with Gasteiger partial charge in [0.05, 0.1) is 32.5 Å². The van der Waals surface area contributed by atoms with Crippen LogP contribution in [0.25, 0.3) is 0 Å². The Morgan fingerprint density at radius 2 is 1.29 bits per heavy atom. The van der Waals surface area contributed by atoms with Crippen molar-refractivity contribution in [2.75, 3.05) is 6.61 Å². The van der Waals surface area contributed by atoms with Gasteiger partial charge in [-0.25, -0.2) is 0 Å². The number of hydrogen-bond acceptors (Lipinski definition) is 7. The largest absolute Gasteiger partial charge is 0.451 e. The van der Waals surface area contributed by atoms with Crippen molar-refractivity contribution < 1.29 is 23.7 Å². The molecule has 4 atom stereocenters. The molecular formula is C30H31N3O5. The Balaban J connectivity index is 1.44. The van der Waals surface area contributed by atoms with Crippen molar-refractivity contribution in [3.05, 3.63) is 120 Å². The third-order valence-corrected chi connectivity index (χ3v) is 6.48. The van der Waals surface area contributed by atoms with Crippen LogP contribution in [0.5, 0.6) is 0 Å². The van der Waals surface area contributed by atoms with E-state index in [0.717, 1.165) is 16.7 Å². The van der Waals surface area contributed by atoms with Crippen LogP contribution in [0.2, 0.25) is 0 Å². The van der Waals surface area contributed by atoms with Gasteiger partial charge in [0.25, 0.3) is 0 Å². The van der Waals surface area contributed by atoms with Crippen LogP contribution in [-0.2, 0) is 43.6 Å². The van der Waals surface area contributed by atoms with Crippen molar-refractivity contribution in [1.29, 1.82) is 0 Å². The van der Waals surface area contributed by atoms with E-state index in [1.54, 1.807) is 6.33 Å². The summed E-state index contributed by atoms with van der Waals surface area (Å²) < 4.78 is 26.9. The zero-order chi connectivity index (χ0) is 26.2. The number of hydrogen-bond donors (Lipinski definition) is 0. The first-order valence-corrected chi connectivity index (χ1v) is 12.7. The number of carbonyl (C=O) groups is 1. The van der Waals surface area contributed by atoms with Crippen molar-refractivity contribution in [3.63, 3.8) is 0 Å². The van der Waals surface area contributed by atoms with Crippen molar-refractivity contribution in [2.45, 2.75) is 51.1 Å². The number of aromatic nitrogens is 3. The third kappa shape index (κ3) is 6.34. The number of nitrogens with zero attached hydrogens (tertiary/aromatic N) is 3. The molecular weight excluding hydrogens is 482 g/mol. The molecule has 0 bridgehead atoms. The lowest BCUT2D eigenvalue weighted by molar-refractivity contribution is -0.192. The van der Waals surface area contributed by atoms with Crippen LogP contribution < -0.4 is 0 Å². The van der Waals surface area contributed by atoms with Crippen LogP contribution in [0.4, 0.5) is 0 Å². The van der Waals surface area contributed by atoms with Gasteiger partial charge in [0, 0.05) is 6.92 Å². The number of carbonyl (C=O) groups excluding carboxylic acids is 1. The highest BCUT2D eigenvalue weighted by molar-refractivity contribution is 5.66. The maximum absolute atomic E-state index is 12.2. The summed E-state index contributed by atoms with van der Waals surface area (Å²) in [7, 11) is 0. The van der Waals surface area contributed by atoms with E-state index in [2.05, 4.69) is 10.2 Å². The minimum atomic E-state index is -0.787. The standard InChI is InChI=1S/C30H31N3O5/c1-22(34)38-29-28(37-19-25-15-9-4-10-16-25)27(36-18-24-13-7-3-8-14-24)26(33-21-31-32-30(29)33)20-35-17-23-11-5-2-6-12-23/h2-16,21,26-29H,17-20H2,1H3/t26-,27-,28+,29+/m1/s1. The smallest absolute Gasteiger partial charge is 0.303 e. The molecule has 3 aromatic carbocycles. The summed E-state index contributed by atoms with van der Waals surface area (Å²) in [5.41, 5.74) is 3.10. The zero-order valence-corrected chi connectivity index (χ0v) is 21.3. The van der Waals surface area contributed by atoms with E-state index < -0.39 is 24.3 Å². The minimum Gasteiger partial charge on any atom is -0.451 e. The quantitative estimate of drug-likeness (QED) is 0.266. The summed E-state index contributed by atoms with van der Waals surface area (Å²) >= 11 is 0. The Morgan fingerprint density at radius 1 is 0.763 bits per heavy atom. The van der Waals surface area contributed by atoms with Crippen molar-refractivity contribution in [2.24, 2.45) is 0 Å². The van der Waals surface area contributed by atoms with Gasteiger partial charge in [0.15, 0.2) is 11.9 Å². The van der Waals surface area contributed by atoms with Crippen molar-refractivity contribution in [3.8, 4) is 0 Å². The summed E-state index contributed by atoms with van der Waals surface area (Å²) in [4.78, 5) is 12.2. The Bertz CT molecular complexity index is 1280. The lowest BCUT2D eigenvalue weighted by Gasteiger charge is -2.41. The van der Waals surface area contributed by atoms with Gasteiger partial charge in [-0.1, -0.05) is 91.0 Å². The summed E-state index contributed by atoms with van der Waals surface area (Å²) in [5, 5.41) is 8.45. The van der Waals surface area contributed by atoms with E-state index >= 15 is 0 Å². The minimum absolute atomic E-state index is 0.306. The number of ether oxygens (including phenoxy) is 4. The highest BCUT2D eigenvalue weighted by Gasteiger charge is 2.48. The van der Waals surface area contributed by atoms with E-state index in [1.807, 2.05) is 95.6 Å². The molecule has 1 aliphatic heterocycles. The van der Waals surface area contributed by atoms with Crippen LogP contribution in [-0.4, -0.2) is 39.5 Å². The molecule has 196 valence electrons. The van der Waals surface area contributed by atoms with E-state index in [0.29, 0.717) is 32.3 Å². The molecule has 0 fully saturated rings. The fourth-order valence-corrected chi connectivity index (χ4v) is 4.67. The highest BCUT2D eigenvalue weighted by atomic mass is 16.6. The van der Waals surface area contributed by atoms with Crippen molar-refractivity contribution >= 4 is 5.97 Å². The van der Waals surface area contributed by atoms with Gasteiger partial charge in [0.2, 0.25) is 0 Å². The maximum Gasteiger partial charge on any atom is 0.303 e. The van der Waals surface area contributed by atoms with Crippen LogP contribution in [0.3, 0.4) is 0 Å². The predicted octanol–water partition coefficient (Wildman–Crippen LogP) is 4.82. The molecule has 0 radical (unpaired) electrons. The van der Waals surface area contributed by atoms with Gasteiger partial charge in [0.1, 0.15) is 18.5 Å². The Hall–Kier alpha value is -3.85. The van der Waals surface area contributed by atoms with Gasteiger partial charge in [-0.3, -0.25) is 4.79 Å². The first kappa shape index (κ1) is 25.8. The molecule has 0 amide bonds. The molecule has 1 aliphatic rings. The first-order chi connectivity index (χ1) is 18.7. The van der Waals surface area contributed by atoms with Crippen LogP contribution >= 0.6 is 0 Å². The number of benzene rings is 3. The van der Waals surface area contributed by atoms with E-state index in [1.165, 1.54) is 6.92 Å². The van der Waals surface area contributed by atoms with E-state index in [9.17, 15) is 4.79 Å². The highest BCUT2D eigenvalue weighted by Crippen LogP contribution is 2.38. The number of fused-ring (bicyclic) bond motifs is 1. The van der Waals surface area contributed by atoms with Crippen LogP contribution in [0.15, 0.2) is 97.3 Å². The second-order valence-electron chi connectivity index (χ2n) is 9.22.